The van der Waals surface area contributed by atoms with E-state index in [2.05, 4.69) is 19.2 Å². The van der Waals surface area contributed by atoms with Crippen LogP contribution < -0.4 is 10.1 Å². The highest BCUT2D eigenvalue weighted by Crippen LogP contribution is 2.13. The molecule has 0 saturated carbocycles. The van der Waals surface area contributed by atoms with E-state index in [-0.39, 0.29) is 11.7 Å². The van der Waals surface area contributed by atoms with Crippen LogP contribution in [-0.4, -0.2) is 41.6 Å². The van der Waals surface area contributed by atoms with E-state index in [1.165, 1.54) is 11.8 Å². The molecule has 6 heteroatoms. The van der Waals surface area contributed by atoms with Crippen LogP contribution in [-0.2, 0) is 16.0 Å². The first-order valence-corrected chi connectivity index (χ1v) is 8.41. The fraction of sp³-hybridized carbons (Fsp3) is 0.500. The van der Waals surface area contributed by atoms with Gasteiger partial charge in [0.25, 0.3) is 0 Å². The highest BCUT2D eigenvalue weighted by Gasteiger charge is 2.04. The van der Waals surface area contributed by atoms with Gasteiger partial charge >= 0.3 is 5.97 Å². The number of rotatable bonds is 10. The third-order valence-electron chi connectivity index (χ3n) is 2.67. The lowest BCUT2D eigenvalue weighted by molar-refractivity contribution is -0.133. The van der Waals surface area contributed by atoms with Crippen LogP contribution in [0.4, 0.5) is 0 Å². The van der Waals surface area contributed by atoms with Crippen LogP contribution in [0.3, 0.4) is 0 Å². The van der Waals surface area contributed by atoms with E-state index in [0.29, 0.717) is 31.2 Å². The smallest absolute Gasteiger partial charge is 0.313 e. The zero-order chi connectivity index (χ0) is 16.4. The highest BCUT2D eigenvalue weighted by atomic mass is 32.2. The molecule has 0 unspecified atom stereocenters. The predicted molar refractivity (Wildman–Crippen MR) is 88.4 cm³/mol. The minimum absolute atomic E-state index is 0.0632. The van der Waals surface area contributed by atoms with E-state index in [9.17, 15) is 9.59 Å². The summed E-state index contributed by atoms with van der Waals surface area (Å²) in [6.45, 7) is 5.33. The van der Waals surface area contributed by atoms with E-state index < -0.39 is 5.97 Å². The Bertz CT molecular complexity index is 474. The van der Waals surface area contributed by atoms with Gasteiger partial charge < -0.3 is 15.2 Å². The molecule has 0 aliphatic carbocycles. The van der Waals surface area contributed by atoms with Gasteiger partial charge in [-0.3, -0.25) is 9.59 Å². The van der Waals surface area contributed by atoms with Crippen LogP contribution in [0.15, 0.2) is 24.3 Å². The first-order chi connectivity index (χ1) is 10.5. The summed E-state index contributed by atoms with van der Waals surface area (Å²) in [5.74, 6) is 1.04. The summed E-state index contributed by atoms with van der Waals surface area (Å²) in [5.41, 5.74) is 0.924. The molecule has 0 spiro atoms. The molecule has 1 aromatic carbocycles. The zero-order valence-electron chi connectivity index (χ0n) is 13.0. The molecule has 0 heterocycles. The Morgan fingerprint density at radius 3 is 2.55 bits per heavy atom. The Kier molecular flexibility index (Phi) is 8.43. The number of benzene rings is 1. The number of amides is 1. The molecule has 0 aromatic heterocycles. The molecule has 0 aliphatic heterocycles. The van der Waals surface area contributed by atoms with Crippen molar-refractivity contribution in [3.63, 3.8) is 0 Å². The second kappa shape index (κ2) is 10.1. The van der Waals surface area contributed by atoms with Gasteiger partial charge in [-0.1, -0.05) is 26.0 Å². The number of carboxylic acid groups (broad SMARTS) is 1. The summed E-state index contributed by atoms with van der Waals surface area (Å²) < 4.78 is 5.59. The number of carbonyl (C=O) groups excluding carboxylic acids is 1. The molecule has 1 aromatic rings. The Morgan fingerprint density at radius 1 is 1.27 bits per heavy atom. The molecular weight excluding hydrogens is 302 g/mol. The Labute approximate surface area is 135 Å². The van der Waals surface area contributed by atoms with Crippen molar-refractivity contribution in [3.05, 3.63) is 29.8 Å². The summed E-state index contributed by atoms with van der Waals surface area (Å²) in [6.07, 6.45) is 0.314. The summed E-state index contributed by atoms with van der Waals surface area (Å²) in [4.78, 5) is 22.1. The summed E-state index contributed by atoms with van der Waals surface area (Å²) in [6, 6.07) is 7.50. The second-order valence-electron chi connectivity index (χ2n) is 5.32. The number of hydrogen-bond donors (Lipinski definition) is 2. The number of aliphatic carboxylic acids is 1. The third kappa shape index (κ3) is 8.56. The van der Waals surface area contributed by atoms with Gasteiger partial charge in [0, 0.05) is 12.3 Å². The van der Waals surface area contributed by atoms with Crippen molar-refractivity contribution in [1.29, 1.82) is 0 Å². The van der Waals surface area contributed by atoms with Crippen LogP contribution in [0.2, 0.25) is 0 Å². The topological polar surface area (TPSA) is 75.6 Å². The molecule has 1 rings (SSSR count). The number of nitrogens with one attached hydrogen (secondary N) is 1. The van der Waals surface area contributed by atoms with Crippen molar-refractivity contribution < 1.29 is 19.4 Å². The molecule has 22 heavy (non-hydrogen) atoms. The van der Waals surface area contributed by atoms with Crippen LogP contribution in [0.5, 0.6) is 5.75 Å². The monoisotopic (exact) mass is 325 g/mol. The van der Waals surface area contributed by atoms with Gasteiger partial charge in [-0.2, -0.15) is 0 Å². The van der Waals surface area contributed by atoms with E-state index >= 15 is 0 Å². The predicted octanol–water partition coefficient (Wildman–Crippen LogP) is 2.20. The van der Waals surface area contributed by atoms with E-state index in [4.69, 9.17) is 9.84 Å². The first kappa shape index (κ1) is 18.4. The van der Waals surface area contributed by atoms with Gasteiger partial charge in [0.05, 0.1) is 18.8 Å². The van der Waals surface area contributed by atoms with E-state index in [0.717, 1.165) is 11.3 Å². The quantitative estimate of drug-likeness (QED) is 0.645. The summed E-state index contributed by atoms with van der Waals surface area (Å²) in [5, 5.41) is 11.3. The summed E-state index contributed by atoms with van der Waals surface area (Å²) in [7, 11) is 0. The molecule has 1 amide bonds. The van der Waals surface area contributed by atoms with E-state index in [1.807, 2.05) is 24.3 Å². The lowest BCUT2D eigenvalue weighted by atomic mass is 10.1. The Balaban J connectivity index is 2.25. The van der Waals surface area contributed by atoms with Gasteiger partial charge in [0.2, 0.25) is 5.91 Å². The van der Waals surface area contributed by atoms with Gasteiger partial charge in [0.1, 0.15) is 5.75 Å². The van der Waals surface area contributed by atoms with Gasteiger partial charge in [-0.05, 0) is 23.6 Å². The number of carbonyl (C=O) groups is 2. The minimum Gasteiger partial charge on any atom is -0.493 e. The van der Waals surface area contributed by atoms with Crippen molar-refractivity contribution >= 4 is 23.6 Å². The number of carboxylic acids is 1. The lowest BCUT2D eigenvalue weighted by Crippen LogP contribution is -2.27. The minimum atomic E-state index is -0.837. The van der Waals surface area contributed by atoms with Crippen LogP contribution in [0, 0.1) is 5.92 Å². The molecule has 0 aliphatic rings. The highest BCUT2D eigenvalue weighted by molar-refractivity contribution is 7.99. The Morgan fingerprint density at radius 2 is 1.95 bits per heavy atom. The lowest BCUT2D eigenvalue weighted by Gasteiger charge is -2.09. The van der Waals surface area contributed by atoms with Crippen molar-refractivity contribution in [2.75, 3.05) is 24.7 Å². The maximum atomic E-state index is 11.7. The van der Waals surface area contributed by atoms with Crippen molar-refractivity contribution in [2.45, 2.75) is 20.3 Å². The maximum Gasteiger partial charge on any atom is 0.313 e. The van der Waals surface area contributed by atoms with Gasteiger partial charge in [0.15, 0.2) is 0 Å². The molecule has 5 nitrogen and oxygen atoms in total. The van der Waals surface area contributed by atoms with E-state index in [1.54, 1.807) is 0 Å². The Hall–Kier alpha value is -1.69. The molecular formula is C16H23NO4S. The summed E-state index contributed by atoms with van der Waals surface area (Å²) >= 11 is 1.29. The normalized spacial score (nSPS) is 10.5. The molecule has 0 bridgehead atoms. The standard InChI is InChI=1S/C16H23NO4S/c1-12(2)10-21-14-5-3-13(4-6-14)9-15(18)17-7-8-22-11-16(19)20/h3-6,12H,7-11H2,1-2H3,(H,17,18)(H,19,20). The van der Waals surface area contributed by atoms with Crippen molar-refractivity contribution in [2.24, 2.45) is 5.92 Å². The molecule has 122 valence electrons. The third-order valence-corrected chi connectivity index (χ3v) is 3.61. The van der Waals surface area contributed by atoms with Gasteiger partial charge in [-0.15, -0.1) is 11.8 Å². The average molecular weight is 325 g/mol. The van der Waals surface area contributed by atoms with Crippen LogP contribution in [0.25, 0.3) is 0 Å². The van der Waals surface area contributed by atoms with Crippen LogP contribution >= 0.6 is 11.8 Å². The average Bonchev–Trinajstić information content (AvgIpc) is 2.45. The fourth-order valence-corrected chi connectivity index (χ4v) is 2.20. The number of thioether (sulfide) groups is 1. The maximum absolute atomic E-state index is 11.7. The molecule has 0 atom stereocenters. The first-order valence-electron chi connectivity index (χ1n) is 7.25. The molecule has 0 saturated heterocycles. The molecule has 0 fully saturated rings. The van der Waals surface area contributed by atoms with Crippen molar-refractivity contribution in [3.8, 4) is 5.75 Å². The SMILES string of the molecule is CC(C)COc1ccc(CC(=O)NCCSCC(=O)O)cc1. The number of hydrogen-bond acceptors (Lipinski definition) is 4. The zero-order valence-corrected chi connectivity index (χ0v) is 13.8. The van der Waals surface area contributed by atoms with Gasteiger partial charge in [-0.25, -0.2) is 0 Å². The van der Waals surface area contributed by atoms with Crippen molar-refractivity contribution in [1.82, 2.24) is 5.32 Å². The van der Waals surface area contributed by atoms with Crippen LogP contribution in [0.1, 0.15) is 19.4 Å². The fourth-order valence-electron chi connectivity index (χ4n) is 1.64. The number of ether oxygens (including phenoxy) is 1. The molecule has 2 N–H and O–H groups in total. The largest absolute Gasteiger partial charge is 0.493 e. The molecule has 0 radical (unpaired) electrons. The second-order valence-corrected chi connectivity index (χ2v) is 6.43.